The van der Waals surface area contributed by atoms with Gasteiger partial charge in [-0.25, -0.2) is 0 Å². The van der Waals surface area contributed by atoms with Gasteiger partial charge >= 0.3 is 0 Å². The molecule has 0 bridgehead atoms. The number of hydrogen-bond acceptors (Lipinski definition) is 5. The van der Waals surface area contributed by atoms with Crippen molar-refractivity contribution in [1.82, 2.24) is 4.90 Å². The maximum absolute atomic E-state index is 12.8. The van der Waals surface area contributed by atoms with Crippen LogP contribution in [0.5, 0.6) is 17.2 Å². The number of amides is 1. The maximum atomic E-state index is 12.8. The standard InChI is InChI=1S/C19H19BrN2O4/c1-22-7-6-13-14(9-22)16(24-2)18-17(25-10-26-18)15(13)21-19(23)11-4-3-5-12(20)8-11/h3-5,8H,6-7,9-10H2,1-2H3,(H,21,23). The number of anilines is 1. The number of fused-ring (bicyclic) bond motifs is 2. The van der Waals surface area contributed by atoms with Crippen LogP contribution in [0.3, 0.4) is 0 Å². The number of benzene rings is 2. The van der Waals surface area contributed by atoms with Gasteiger partial charge in [0, 0.05) is 28.7 Å². The Labute approximate surface area is 160 Å². The minimum Gasteiger partial charge on any atom is -0.492 e. The highest BCUT2D eigenvalue weighted by molar-refractivity contribution is 9.10. The molecule has 0 saturated carbocycles. The molecule has 4 rings (SSSR count). The summed E-state index contributed by atoms with van der Waals surface area (Å²) < 4.78 is 17.8. The number of likely N-dealkylation sites (N-methyl/N-ethyl adjacent to an activating group) is 1. The third-order valence-electron chi connectivity index (χ3n) is 4.69. The van der Waals surface area contributed by atoms with E-state index in [-0.39, 0.29) is 12.7 Å². The van der Waals surface area contributed by atoms with E-state index < -0.39 is 0 Å². The van der Waals surface area contributed by atoms with Gasteiger partial charge in [0.1, 0.15) is 0 Å². The summed E-state index contributed by atoms with van der Waals surface area (Å²) in [6.07, 6.45) is 0.799. The summed E-state index contributed by atoms with van der Waals surface area (Å²) in [7, 11) is 3.69. The molecule has 0 aliphatic carbocycles. The lowest BCUT2D eigenvalue weighted by Gasteiger charge is -2.29. The molecule has 7 heteroatoms. The van der Waals surface area contributed by atoms with Crippen molar-refractivity contribution >= 4 is 27.5 Å². The lowest BCUT2D eigenvalue weighted by molar-refractivity contribution is 0.102. The minimum absolute atomic E-state index is 0.115. The lowest BCUT2D eigenvalue weighted by Crippen LogP contribution is -2.28. The number of ether oxygens (including phenoxy) is 3. The molecule has 0 saturated heterocycles. The van der Waals surface area contributed by atoms with E-state index in [1.165, 1.54) is 0 Å². The van der Waals surface area contributed by atoms with Crippen molar-refractivity contribution in [3.8, 4) is 17.2 Å². The molecule has 0 radical (unpaired) electrons. The smallest absolute Gasteiger partial charge is 0.255 e. The number of halogens is 1. The summed E-state index contributed by atoms with van der Waals surface area (Å²) in [4.78, 5) is 15.0. The largest absolute Gasteiger partial charge is 0.492 e. The predicted octanol–water partition coefficient (Wildman–Crippen LogP) is 3.43. The first-order chi connectivity index (χ1) is 12.6. The zero-order valence-corrected chi connectivity index (χ0v) is 16.2. The van der Waals surface area contributed by atoms with Crippen LogP contribution in [0.1, 0.15) is 21.5 Å². The Morgan fingerprint density at radius 3 is 2.85 bits per heavy atom. The molecule has 0 spiro atoms. The average molecular weight is 419 g/mol. The molecule has 0 aromatic heterocycles. The topological polar surface area (TPSA) is 60.0 Å². The number of nitrogens with zero attached hydrogens (tertiary/aromatic N) is 1. The van der Waals surface area contributed by atoms with Gasteiger partial charge in [-0.15, -0.1) is 0 Å². The van der Waals surface area contributed by atoms with E-state index >= 15 is 0 Å². The van der Waals surface area contributed by atoms with Crippen LogP contribution < -0.4 is 19.5 Å². The summed E-state index contributed by atoms with van der Waals surface area (Å²) >= 11 is 3.40. The molecule has 2 heterocycles. The molecule has 2 aromatic carbocycles. The highest BCUT2D eigenvalue weighted by atomic mass is 79.9. The number of carbonyl (C=O) groups is 1. The van der Waals surface area contributed by atoms with Crippen molar-refractivity contribution < 1.29 is 19.0 Å². The van der Waals surface area contributed by atoms with Crippen LogP contribution in [0.15, 0.2) is 28.7 Å². The normalized spacial score (nSPS) is 15.5. The van der Waals surface area contributed by atoms with Crippen molar-refractivity contribution in [3.63, 3.8) is 0 Å². The summed E-state index contributed by atoms with van der Waals surface area (Å²) in [5, 5.41) is 3.04. The molecule has 6 nitrogen and oxygen atoms in total. The molecule has 1 N–H and O–H groups in total. The van der Waals surface area contributed by atoms with Gasteiger partial charge in [-0.1, -0.05) is 22.0 Å². The van der Waals surface area contributed by atoms with E-state index in [1.807, 2.05) is 12.1 Å². The van der Waals surface area contributed by atoms with Crippen LogP contribution in [-0.4, -0.2) is 38.3 Å². The van der Waals surface area contributed by atoms with Gasteiger partial charge in [0.25, 0.3) is 5.91 Å². The number of nitrogens with one attached hydrogen (secondary N) is 1. The second-order valence-corrected chi connectivity index (χ2v) is 7.30. The quantitative estimate of drug-likeness (QED) is 0.827. The lowest BCUT2D eigenvalue weighted by atomic mass is 9.95. The monoisotopic (exact) mass is 418 g/mol. The van der Waals surface area contributed by atoms with Crippen molar-refractivity contribution in [3.05, 3.63) is 45.4 Å². The molecule has 2 aliphatic rings. The Kier molecular flexibility index (Phi) is 4.50. The van der Waals surface area contributed by atoms with Crippen LogP contribution in [0.4, 0.5) is 5.69 Å². The van der Waals surface area contributed by atoms with Gasteiger partial charge in [-0.3, -0.25) is 4.79 Å². The van der Waals surface area contributed by atoms with Crippen LogP contribution in [-0.2, 0) is 13.0 Å². The van der Waals surface area contributed by atoms with Crippen LogP contribution in [0.25, 0.3) is 0 Å². The molecule has 1 amide bonds. The third-order valence-corrected chi connectivity index (χ3v) is 5.18. The molecule has 26 heavy (non-hydrogen) atoms. The molecule has 0 atom stereocenters. The zero-order valence-electron chi connectivity index (χ0n) is 14.6. The highest BCUT2D eigenvalue weighted by Crippen LogP contribution is 2.52. The fourth-order valence-corrected chi connectivity index (χ4v) is 3.85. The van der Waals surface area contributed by atoms with Gasteiger partial charge in [-0.05, 0) is 37.2 Å². The van der Waals surface area contributed by atoms with Crippen molar-refractivity contribution in [2.45, 2.75) is 13.0 Å². The first-order valence-corrected chi connectivity index (χ1v) is 9.14. The number of carbonyl (C=O) groups excluding carboxylic acids is 1. The Morgan fingerprint density at radius 2 is 2.08 bits per heavy atom. The van der Waals surface area contributed by atoms with Gasteiger partial charge < -0.3 is 24.4 Å². The molecule has 136 valence electrons. The predicted molar refractivity (Wildman–Crippen MR) is 101 cm³/mol. The second-order valence-electron chi connectivity index (χ2n) is 6.38. The first-order valence-electron chi connectivity index (χ1n) is 8.35. The Bertz CT molecular complexity index is 884. The zero-order chi connectivity index (χ0) is 18.3. The minimum atomic E-state index is -0.185. The van der Waals surface area contributed by atoms with Crippen molar-refractivity contribution in [2.24, 2.45) is 0 Å². The van der Waals surface area contributed by atoms with Crippen LogP contribution in [0, 0.1) is 0 Å². The van der Waals surface area contributed by atoms with Crippen LogP contribution in [0.2, 0.25) is 0 Å². The Balaban J connectivity index is 1.80. The van der Waals surface area contributed by atoms with Gasteiger partial charge in [0.15, 0.2) is 11.5 Å². The molecule has 0 unspecified atom stereocenters. The van der Waals surface area contributed by atoms with Gasteiger partial charge in [-0.2, -0.15) is 0 Å². The second kappa shape index (κ2) is 6.81. The van der Waals surface area contributed by atoms with Crippen molar-refractivity contribution in [2.75, 3.05) is 32.8 Å². The van der Waals surface area contributed by atoms with E-state index in [1.54, 1.807) is 19.2 Å². The molecule has 2 aromatic rings. The molecule has 2 aliphatic heterocycles. The summed E-state index contributed by atoms with van der Waals surface area (Å²) in [5.41, 5.74) is 3.35. The van der Waals surface area contributed by atoms with Gasteiger partial charge in [0.2, 0.25) is 12.5 Å². The summed E-state index contributed by atoms with van der Waals surface area (Å²) in [6, 6.07) is 7.29. The maximum Gasteiger partial charge on any atom is 0.255 e. The fraction of sp³-hybridized carbons (Fsp3) is 0.316. The molecular weight excluding hydrogens is 400 g/mol. The fourth-order valence-electron chi connectivity index (χ4n) is 3.45. The molecular formula is C19H19BrN2O4. The van der Waals surface area contributed by atoms with Gasteiger partial charge in [0.05, 0.1) is 12.8 Å². The van der Waals surface area contributed by atoms with E-state index in [0.29, 0.717) is 28.5 Å². The number of rotatable bonds is 3. The van der Waals surface area contributed by atoms with E-state index in [4.69, 9.17) is 14.2 Å². The van der Waals surface area contributed by atoms with Crippen molar-refractivity contribution in [1.29, 1.82) is 0 Å². The Hall–Kier alpha value is -2.25. The Morgan fingerprint density at radius 1 is 1.27 bits per heavy atom. The average Bonchev–Trinajstić information content (AvgIpc) is 3.11. The summed E-state index contributed by atoms with van der Waals surface area (Å²) in [6.45, 7) is 1.74. The van der Waals surface area contributed by atoms with E-state index in [9.17, 15) is 4.79 Å². The number of hydrogen-bond donors (Lipinski definition) is 1. The number of methoxy groups -OCH3 is 1. The van der Waals surface area contributed by atoms with E-state index in [2.05, 4.69) is 33.2 Å². The molecule has 0 fully saturated rings. The highest BCUT2D eigenvalue weighted by Gasteiger charge is 2.33. The summed E-state index contributed by atoms with van der Waals surface area (Å²) in [5.74, 6) is 1.62. The SMILES string of the molecule is COc1c2c(c(NC(=O)c3cccc(Br)c3)c3c1OCO3)CCN(C)C2. The first kappa shape index (κ1) is 17.2. The third kappa shape index (κ3) is 2.91. The van der Waals surface area contributed by atoms with E-state index in [0.717, 1.165) is 35.1 Å². The van der Waals surface area contributed by atoms with Crippen LogP contribution >= 0.6 is 15.9 Å².